The highest BCUT2D eigenvalue weighted by Crippen LogP contribution is 2.32. The molecule has 1 aromatic heterocycles. The third-order valence-corrected chi connectivity index (χ3v) is 3.94. The van der Waals surface area contributed by atoms with Gasteiger partial charge in [-0.15, -0.1) is 0 Å². The van der Waals surface area contributed by atoms with Gasteiger partial charge in [-0.05, 0) is 17.7 Å². The van der Waals surface area contributed by atoms with Gasteiger partial charge in [0.15, 0.2) is 0 Å². The molecule has 1 unspecified atom stereocenters. The molecule has 0 radical (unpaired) electrons. The van der Waals surface area contributed by atoms with Gasteiger partial charge in [-0.25, -0.2) is 4.79 Å². The highest BCUT2D eigenvalue weighted by atomic mass is 79.9. The third-order valence-electron chi connectivity index (χ3n) is 2.50. The van der Waals surface area contributed by atoms with Crippen molar-refractivity contribution in [1.29, 1.82) is 0 Å². The Bertz CT molecular complexity index is 666. The Labute approximate surface area is 128 Å². The van der Waals surface area contributed by atoms with E-state index in [1.54, 1.807) is 12.1 Å². The minimum absolute atomic E-state index is 0.141. The van der Waals surface area contributed by atoms with Crippen LogP contribution in [0.3, 0.4) is 0 Å². The van der Waals surface area contributed by atoms with E-state index in [9.17, 15) is 18.0 Å². The van der Waals surface area contributed by atoms with Crippen molar-refractivity contribution in [1.82, 2.24) is 9.97 Å². The van der Waals surface area contributed by atoms with E-state index in [0.29, 0.717) is 21.1 Å². The van der Waals surface area contributed by atoms with E-state index in [1.165, 1.54) is 0 Å². The summed E-state index contributed by atoms with van der Waals surface area (Å²) in [4.78, 5) is 15.9. The number of imidazole rings is 1. The first-order valence-electron chi connectivity index (χ1n) is 5.46. The molecular weight excluding hydrogens is 409 g/mol. The molecule has 0 aliphatic rings. The molecule has 0 aliphatic carbocycles. The first-order valence-corrected chi connectivity index (χ1v) is 7.17. The quantitative estimate of drug-likeness (QED) is 0.746. The average molecular weight is 418 g/mol. The first kappa shape index (κ1) is 15.6. The van der Waals surface area contributed by atoms with Gasteiger partial charge in [-0.1, -0.05) is 31.9 Å². The van der Waals surface area contributed by atoms with Gasteiger partial charge in [0.1, 0.15) is 6.61 Å². The maximum atomic E-state index is 12.0. The third kappa shape index (κ3) is 3.86. The van der Waals surface area contributed by atoms with Gasteiger partial charge in [-0.2, -0.15) is 13.2 Å². The van der Waals surface area contributed by atoms with Crippen LogP contribution in [0, 0.1) is 0 Å². The Morgan fingerprint density at radius 1 is 1.25 bits per heavy atom. The number of alkyl halides is 4. The molecule has 0 saturated heterocycles. The van der Waals surface area contributed by atoms with E-state index < -0.39 is 17.6 Å². The molecule has 0 bridgehead atoms. The standard InChI is InChI=1S/C11H9Br2F3N2O2/c12-6-2-9-8(17-10(19)18-9)1-5(6)7(13)3-20-4-11(14,15)16/h1-2,7H,3-4H2,(H2,17,18,19). The van der Waals surface area contributed by atoms with Crippen LogP contribution < -0.4 is 5.69 Å². The monoisotopic (exact) mass is 416 g/mol. The van der Waals surface area contributed by atoms with Crippen LogP contribution in [-0.2, 0) is 4.74 Å². The molecule has 0 spiro atoms. The normalized spacial score (nSPS) is 13.8. The van der Waals surface area contributed by atoms with E-state index in [0.717, 1.165) is 0 Å². The molecule has 9 heteroatoms. The fourth-order valence-electron chi connectivity index (χ4n) is 1.68. The highest BCUT2D eigenvalue weighted by Gasteiger charge is 2.28. The molecule has 1 aromatic carbocycles. The summed E-state index contributed by atoms with van der Waals surface area (Å²) in [5.74, 6) is 0. The van der Waals surface area contributed by atoms with Crippen molar-refractivity contribution in [2.24, 2.45) is 0 Å². The average Bonchev–Trinajstić information content (AvgIpc) is 2.65. The van der Waals surface area contributed by atoms with Crippen molar-refractivity contribution >= 4 is 42.9 Å². The van der Waals surface area contributed by atoms with Crippen molar-refractivity contribution in [3.8, 4) is 0 Å². The molecule has 2 N–H and O–H groups in total. The van der Waals surface area contributed by atoms with Crippen LogP contribution in [0.5, 0.6) is 0 Å². The van der Waals surface area contributed by atoms with Crippen molar-refractivity contribution < 1.29 is 17.9 Å². The van der Waals surface area contributed by atoms with Gasteiger partial charge in [0.05, 0.1) is 22.5 Å². The molecule has 0 fully saturated rings. The lowest BCUT2D eigenvalue weighted by Gasteiger charge is -2.14. The van der Waals surface area contributed by atoms with Crippen molar-refractivity contribution in [3.63, 3.8) is 0 Å². The second-order valence-electron chi connectivity index (χ2n) is 4.10. The maximum absolute atomic E-state index is 12.0. The van der Waals surface area contributed by atoms with Gasteiger partial charge in [0, 0.05) is 4.47 Å². The highest BCUT2D eigenvalue weighted by molar-refractivity contribution is 9.11. The molecule has 2 aromatic rings. The van der Waals surface area contributed by atoms with Crippen LogP contribution in [0.1, 0.15) is 10.4 Å². The molecule has 1 atom stereocenters. The molecular formula is C11H9Br2F3N2O2. The lowest BCUT2D eigenvalue weighted by molar-refractivity contribution is -0.173. The van der Waals surface area contributed by atoms with Crippen LogP contribution in [0.15, 0.2) is 21.4 Å². The Kier molecular flexibility index (Phi) is 4.60. The number of hydrogen-bond donors (Lipinski definition) is 2. The minimum Gasteiger partial charge on any atom is -0.371 e. The molecule has 2 rings (SSSR count). The zero-order chi connectivity index (χ0) is 14.9. The lowest BCUT2D eigenvalue weighted by atomic mass is 10.1. The van der Waals surface area contributed by atoms with Crippen molar-refractivity contribution in [2.75, 3.05) is 13.2 Å². The van der Waals surface area contributed by atoms with Crippen LogP contribution >= 0.6 is 31.9 Å². The molecule has 1 heterocycles. The van der Waals surface area contributed by atoms with Gasteiger partial charge >= 0.3 is 11.9 Å². The van der Waals surface area contributed by atoms with Crippen LogP contribution in [-0.4, -0.2) is 29.4 Å². The number of H-pyrrole nitrogens is 2. The number of halogens is 5. The summed E-state index contributed by atoms with van der Waals surface area (Å²) in [6.07, 6.45) is -4.35. The van der Waals surface area contributed by atoms with Gasteiger partial charge in [0.2, 0.25) is 0 Å². The predicted octanol–water partition coefficient (Wildman–Crippen LogP) is 3.63. The van der Waals surface area contributed by atoms with Gasteiger partial charge in [-0.3, -0.25) is 0 Å². The summed E-state index contributed by atoms with van der Waals surface area (Å²) < 4.78 is 41.3. The summed E-state index contributed by atoms with van der Waals surface area (Å²) in [5, 5.41) is 0. The minimum atomic E-state index is -4.35. The number of fused-ring (bicyclic) bond motifs is 1. The summed E-state index contributed by atoms with van der Waals surface area (Å²) in [5.41, 5.74) is 1.54. The largest absolute Gasteiger partial charge is 0.411 e. The van der Waals surface area contributed by atoms with E-state index in [-0.39, 0.29) is 12.3 Å². The SMILES string of the molecule is O=c1[nH]c2cc(Br)c(C(Br)COCC(F)(F)F)cc2[nH]1. The maximum Gasteiger partial charge on any atom is 0.411 e. The van der Waals surface area contributed by atoms with Crippen molar-refractivity contribution in [3.05, 3.63) is 32.7 Å². The first-order chi connectivity index (χ1) is 9.26. The smallest absolute Gasteiger partial charge is 0.371 e. The van der Waals surface area contributed by atoms with Crippen LogP contribution in [0.4, 0.5) is 13.2 Å². The van der Waals surface area contributed by atoms with Crippen molar-refractivity contribution in [2.45, 2.75) is 11.0 Å². The predicted molar refractivity (Wildman–Crippen MR) is 75.2 cm³/mol. The summed E-state index contributed by atoms with van der Waals surface area (Å²) in [6.45, 7) is -1.44. The number of nitrogens with one attached hydrogen (secondary N) is 2. The number of hydrogen-bond acceptors (Lipinski definition) is 2. The zero-order valence-corrected chi connectivity index (χ0v) is 13.0. The second kappa shape index (κ2) is 5.90. The van der Waals surface area contributed by atoms with Gasteiger partial charge in [0.25, 0.3) is 0 Å². The Morgan fingerprint density at radius 3 is 2.45 bits per heavy atom. The molecule has 20 heavy (non-hydrogen) atoms. The Balaban J connectivity index is 2.15. The number of ether oxygens (including phenoxy) is 1. The molecule has 0 amide bonds. The van der Waals surface area contributed by atoms with E-state index in [2.05, 4.69) is 46.6 Å². The molecule has 4 nitrogen and oxygen atoms in total. The Morgan fingerprint density at radius 2 is 1.85 bits per heavy atom. The van der Waals surface area contributed by atoms with Crippen LogP contribution in [0.2, 0.25) is 0 Å². The van der Waals surface area contributed by atoms with Crippen LogP contribution in [0.25, 0.3) is 11.0 Å². The summed E-state index contributed by atoms with van der Waals surface area (Å²) in [6, 6.07) is 3.36. The van der Waals surface area contributed by atoms with E-state index in [1.807, 2.05) is 0 Å². The number of aromatic nitrogens is 2. The summed E-state index contributed by atoms with van der Waals surface area (Å²) >= 11 is 6.59. The fraction of sp³-hybridized carbons (Fsp3) is 0.364. The fourth-order valence-corrected chi connectivity index (χ4v) is 3.17. The molecule has 0 saturated carbocycles. The summed E-state index contributed by atoms with van der Waals surface area (Å²) in [7, 11) is 0. The topological polar surface area (TPSA) is 57.9 Å². The lowest BCUT2D eigenvalue weighted by Crippen LogP contribution is -2.18. The number of rotatable bonds is 4. The number of benzene rings is 1. The second-order valence-corrected chi connectivity index (χ2v) is 6.06. The number of aromatic amines is 2. The molecule has 0 aliphatic heterocycles. The zero-order valence-electron chi connectivity index (χ0n) is 9.85. The van der Waals surface area contributed by atoms with E-state index in [4.69, 9.17) is 0 Å². The Hall–Kier alpha value is -0.800. The molecule has 110 valence electrons. The van der Waals surface area contributed by atoms with Gasteiger partial charge < -0.3 is 14.7 Å². The van der Waals surface area contributed by atoms with E-state index >= 15 is 0 Å².